The molecule has 0 aromatic heterocycles. The molecule has 0 atom stereocenters. The lowest BCUT2D eigenvalue weighted by molar-refractivity contribution is -0.123. The zero-order valence-electron chi connectivity index (χ0n) is 20.7. The Morgan fingerprint density at radius 1 is 0.743 bits per heavy atom. The van der Waals surface area contributed by atoms with Crippen LogP contribution in [0.4, 0.5) is 5.69 Å². The highest BCUT2D eigenvalue weighted by Crippen LogP contribution is 2.23. The predicted octanol–water partition coefficient (Wildman–Crippen LogP) is 4.69. The molecule has 0 fully saturated rings. The van der Waals surface area contributed by atoms with Gasteiger partial charge in [-0.1, -0.05) is 51.1 Å². The third-order valence-corrected chi connectivity index (χ3v) is 5.49. The number of carbonyl (C=O) groups excluding carboxylic acids is 3. The Kier molecular flexibility index (Phi) is 7.91. The van der Waals surface area contributed by atoms with Gasteiger partial charge >= 0.3 is 0 Å². The first-order valence-corrected chi connectivity index (χ1v) is 11.3. The molecule has 0 aliphatic heterocycles. The van der Waals surface area contributed by atoms with E-state index in [0.29, 0.717) is 22.6 Å². The van der Waals surface area contributed by atoms with E-state index in [9.17, 15) is 14.4 Å². The van der Waals surface area contributed by atoms with E-state index in [4.69, 9.17) is 4.74 Å². The van der Waals surface area contributed by atoms with Crippen molar-refractivity contribution in [2.24, 2.45) is 0 Å². The van der Waals surface area contributed by atoms with Gasteiger partial charge in [-0.3, -0.25) is 25.2 Å². The van der Waals surface area contributed by atoms with Crippen LogP contribution in [0.1, 0.15) is 58.2 Å². The summed E-state index contributed by atoms with van der Waals surface area (Å²) in [5, 5.41) is 2.82. The number of para-hydroxylation sites is 1. The lowest BCUT2D eigenvalue weighted by Crippen LogP contribution is -2.43. The molecule has 0 spiro atoms. The van der Waals surface area contributed by atoms with Crippen LogP contribution in [-0.4, -0.2) is 24.3 Å². The Labute approximate surface area is 205 Å². The Morgan fingerprint density at radius 3 is 1.86 bits per heavy atom. The van der Waals surface area contributed by atoms with Crippen LogP contribution in [0.2, 0.25) is 0 Å². The average Bonchev–Trinajstić information content (AvgIpc) is 2.82. The number of aryl methyl sites for hydroxylation is 2. The molecule has 7 nitrogen and oxygen atoms in total. The molecule has 7 heteroatoms. The van der Waals surface area contributed by atoms with Crippen molar-refractivity contribution in [3.8, 4) is 5.75 Å². The highest BCUT2D eigenvalue weighted by Gasteiger charge is 2.15. The highest BCUT2D eigenvalue weighted by atomic mass is 16.5. The second-order valence-corrected chi connectivity index (χ2v) is 9.37. The van der Waals surface area contributed by atoms with E-state index < -0.39 is 11.8 Å². The fourth-order valence-electron chi connectivity index (χ4n) is 3.43. The lowest BCUT2D eigenvalue weighted by Gasteiger charge is -2.19. The number of hydrazine groups is 1. The monoisotopic (exact) mass is 473 g/mol. The minimum absolute atomic E-state index is 0.0118. The number of anilines is 1. The van der Waals surface area contributed by atoms with Crippen molar-refractivity contribution in [1.82, 2.24) is 10.9 Å². The number of rotatable bonds is 6. The molecule has 0 saturated carbocycles. The summed E-state index contributed by atoms with van der Waals surface area (Å²) in [6, 6.07) is 19.6. The molecule has 3 aromatic rings. The number of ether oxygens (including phenoxy) is 1. The SMILES string of the molecule is Cc1cccc(C)c1OCC(=O)NNC(=O)c1ccc(NC(=O)c2ccc(C(C)(C)C)cc2)cc1. The van der Waals surface area contributed by atoms with Gasteiger partial charge in [0.15, 0.2) is 6.61 Å². The van der Waals surface area contributed by atoms with Crippen molar-refractivity contribution >= 4 is 23.4 Å². The number of benzene rings is 3. The summed E-state index contributed by atoms with van der Waals surface area (Å²) in [7, 11) is 0. The molecule has 0 bridgehead atoms. The van der Waals surface area contributed by atoms with E-state index >= 15 is 0 Å². The third-order valence-electron chi connectivity index (χ3n) is 5.49. The van der Waals surface area contributed by atoms with Gasteiger partial charge in [-0.05, 0) is 72.4 Å². The Hall–Kier alpha value is -4.13. The molecule has 0 unspecified atom stereocenters. The molecule has 0 saturated heterocycles. The summed E-state index contributed by atoms with van der Waals surface area (Å²) in [5.41, 5.74) is 9.14. The van der Waals surface area contributed by atoms with Crippen molar-refractivity contribution in [2.45, 2.75) is 40.0 Å². The van der Waals surface area contributed by atoms with Crippen molar-refractivity contribution in [2.75, 3.05) is 11.9 Å². The molecule has 0 aliphatic carbocycles. The van der Waals surface area contributed by atoms with E-state index in [1.54, 1.807) is 36.4 Å². The molecular weight excluding hydrogens is 442 g/mol. The minimum Gasteiger partial charge on any atom is -0.483 e. The fraction of sp³-hybridized carbons (Fsp3) is 0.250. The van der Waals surface area contributed by atoms with Gasteiger partial charge in [0.2, 0.25) is 0 Å². The first-order valence-electron chi connectivity index (χ1n) is 11.3. The van der Waals surface area contributed by atoms with Gasteiger partial charge in [-0.15, -0.1) is 0 Å². The van der Waals surface area contributed by atoms with Gasteiger partial charge in [-0.2, -0.15) is 0 Å². The van der Waals surface area contributed by atoms with Crippen LogP contribution in [0.25, 0.3) is 0 Å². The van der Waals surface area contributed by atoms with E-state index in [-0.39, 0.29) is 17.9 Å². The zero-order chi connectivity index (χ0) is 25.6. The predicted molar refractivity (Wildman–Crippen MR) is 137 cm³/mol. The smallest absolute Gasteiger partial charge is 0.276 e. The number of nitrogens with one attached hydrogen (secondary N) is 3. The van der Waals surface area contributed by atoms with E-state index in [0.717, 1.165) is 16.7 Å². The summed E-state index contributed by atoms with van der Waals surface area (Å²) in [5.74, 6) is -0.556. The molecular formula is C28H31N3O4. The van der Waals surface area contributed by atoms with Crippen LogP contribution in [-0.2, 0) is 10.2 Å². The minimum atomic E-state index is -0.485. The van der Waals surface area contributed by atoms with Crippen LogP contribution in [0, 0.1) is 13.8 Å². The Bertz CT molecular complexity index is 1190. The molecule has 0 aliphatic rings. The summed E-state index contributed by atoms with van der Waals surface area (Å²) in [4.78, 5) is 36.9. The van der Waals surface area contributed by atoms with Gasteiger partial charge in [0.1, 0.15) is 5.75 Å². The first kappa shape index (κ1) is 25.5. The molecule has 3 rings (SSSR count). The van der Waals surface area contributed by atoms with E-state index in [1.165, 1.54) is 0 Å². The van der Waals surface area contributed by atoms with Gasteiger partial charge in [-0.25, -0.2) is 0 Å². The molecule has 35 heavy (non-hydrogen) atoms. The van der Waals surface area contributed by atoms with Crippen molar-refractivity contribution in [3.05, 3.63) is 94.5 Å². The molecule has 0 heterocycles. The standard InChI is InChI=1S/C28H31N3O4/c1-18-7-6-8-19(2)25(18)35-17-24(32)30-31-27(34)21-11-15-23(16-12-21)29-26(33)20-9-13-22(14-10-20)28(3,4)5/h6-16H,17H2,1-5H3,(H,29,33)(H,30,32)(H,31,34). The lowest BCUT2D eigenvalue weighted by atomic mass is 9.87. The largest absolute Gasteiger partial charge is 0.483 e. The maximum atomic E-state index is 12.5. The second-order valence-electron chi connectivity index (χ2n) is 9.37. The maximum absolute atomic E-state index is 12.5. The fourth-order valence-corrected chi connectivity index (χ4v) is 3.43. The van der Waals surface area contributed by atoms with Gasteiger partial charge in [0, 0.05) is 16.8 Å². The maximum Gasteiger partial charge on any atom is 0.276 e. The normalized spacial score (nSPS) is 10.9. The Morgan fingerprint density at radius 2 is 1.29 bits per heavy atom. The van der Waals surface area contributed by atoms with Gasteiger partial charge in [0.05, 0.1) is 0 Å². The van der Waals surface area contributed by atoms with Gasteiger partial charge < -0.3 is 10.1 Å². The first-order chi connectivity index (χ1) is 16.5. The average molecular weight is 474 g/mol. The number of carbonyl (C=O) groups is 3. The van der Waals surface area contributed by atoms with Crippen LogP contribution in [0.15, 0.2) is 66.7 Å². The summed E-state index contributed by atoms with van der Waals surface area (Å²) < 4.78 is 5.58. The van der Waals surface area contributed by atoms with Crippen LogP contribution < -0.4 is 20.9 Å². The molecule has 3 amide bonds. The summed E-state index contributed by atoms with van der Waals surface area (Å²) in [6.07, 6.45) is 0. The Balaban J connectivity index is 1.49. The van der Waals surface area contributed by atoms with Crippen molar-refractivity contribution in [1.29, 1.82) is 0 Å². The third kappa shape index (κ3) is 6.93. The van der Waals surface area contributed by atoms with Crippen LogP contribution >= 0.6 is 0 Å². The van der Waals surface area contributed by atoms with Crippen molar-refractivity contribution < 1.29 is 19.1 Å². The van der Waals surface area contributed by atoms with Crippen LogP contribution in [0.3, 0.4) is 0 Å². The summed E-state index contributed by atoms with van der Waals surface area (Å²) >= 11 is 0. The quantitative estimate of drug-likeness (QED) is 0.453. The number of hydrogen-bond donors (Lipinski definition) is 3. The number of hydrogen-bond acceptors (Lipinski definition) is 4. The molecule has 182 valence electrons. The van der Waals surface area contributed by atoms with Gasteiger partial charge in [0.25, 0.3) is 17.7 Å². The second kappa shape index (κ2) is 10.9. The topological polar surface area (TPSA) is 96.5 Å². The van der Waals surface area contributed by atoms with Crippen LogP contribution in [0.5, 0.6) is 5.75 Å². The zero-order valence-corrected chi connectivity index (χ0v) is 20.7. The van der Waals surface area contributed by atoms with E-state index in [2.05, 4.69) is 36.9 Å². The molecule has 3 N–H and O–H groups in total. The van der Waals surface area contributed by atoms with Crippen molar-refractivity contribution in [3.63, 3.8) is 0 Å². The highest BCUT2D eigenvalue weighted by molar-refractivity contribution is 6.04. The molecule has 0 radical (unpaired) electrons. The molecule has 3 aromatic carbocycles. The van der Waals surface area contributed by atoms with E-state index in [1.807, 2.05) is 44.2 Å². The summed E-state index contributed by atoms with van der Waals surface area (Å²) in [6.45, 7) is 9.92. The number of amides is 3.